The summed E-state index contributed by atoms with van der Waals surface area (Å²) in [6, 6.07) is 4.19. The number of alkyl halides is 2. The molecule has 1 N–H and O–H groups in total. The Kier molecular flexibility index (Phi) is 4.77. The van der Waals surface area contributed by atoms with Gasteiger partial charge in [-0.05, 0) is 41.5 Å². The van der Waals surface area contributed by atoms with Crippen LogP contribution in [0.5, 0.6) is 5.75 Å². The molecule has 0 aliphatic rings. The number of carbonyl (C=O) groups is 1. The van der Waals surface area contributed by atoms with Gasteiger partial charge in [0.1, 0.15) is 5.75 Å². The highest BCUT2D eigenvalue weighted by molar-refractivity contribution is 5.85. The number of nitrogens with zero attached hydrogens (tertiary/aromatic N) is 4. The molecule has 0 aliphatic carbocycles. The lowest BCUT2D eigenvalue weighted by molar-refractivity contribution is -0.131. The zero-order valence-electron chi connectivity index (χ0n) is 11.5. The zero-order chi connectivity index (χ0) is 16.1. The molecule has 0 unspecified atom stereocenters. The molecule has 1 aromatic heterocycles. The van der Waals surface area contributed by atoms with E-state index < -0.39 is 12.6 Å². The van der Waals surface area contributed by atoms with Crippen molar-refractivity contribution in [2.45, 2.75) is 20.1 Å². The van der Waals surface area contributed by atoms with Gasteiger partial charge in [-0.15, -0.1) is 10.2 Å². The van der Waals surface area contributed by atoms with Crippen LogP contribution in [-0.2, 0) is 11.3 Å². The number of aliphatic carboxylic acids is 1. The lowest BCUT2D eigenvalue weighted by Crippen LogP contribution is -2.07. The van der Waals surface area contributed by atoms with Crippen LogP contribution in [0.2, 0.25) is 0 Å². The zero-order valence-corrected chi connectivity index (χ0v) is 11.5. The predicted molar refractivity (Wildman–Crippen MR) is 71.4 cm³/mol. The van der Waals surface area contributed by atoms with Gasteiger partial charge >= 0.3 is 12.6 Å². The average molecular weight is 310 g/mol. The Labute approximate surface area is 123 Å². The highest BCUT2D eigenvalue weighted by Gasteiger charge is 2.09. The molecule has 1 aromatic carbocycles. The van der Waals surface area contributed by atoms with Gasteiger partial charge in [0.2, 0.25) is 0 Å². The monoisotopic (exact) mass is 310 g/mol. The summed E-state index contributed by atoms with van der Waals surface area (Å²) < 4.78 is 28.9. The molecule has 2 rings (SSSR count). The minimum Gasteiger partial charge on any atom is -0.478 e. The summed E-state index contributed by atoms with van der Waals surface area (Å²) >= 11 is 0. The van der Waals surface area contributed by atoms with Crippen LogP contribution in [-0.4, -0.2) is 37.9 Å². The van der Waals surface area contributed by atoms with Gasteiger partial charge in [-0.2, -0.15) is 13.6 Å². The minimum absolute atomic E-state index is 0.0330. The number of hydrogen-bond donors (Lipinski definition) is 1. The number of rotatable bonds is 6. The molecule has 0 saturated heterocycles. The maximum Gasteiger partial charge on any atom is 0.387 e. The van der Waals surface area contributed by atoms with Gasteiger partial charge < -0.3 is 9.84 Å². The van der Waals surface area contributed by atoms with Crippen LogP contribution in [0.15, 0.2) is 24.3 Å². The molecule has 0 aliphatic heterocycles. The first-order valence-corrected chi connectivity index (χ1v) is 6.17. The van der Waals surface area contributed by atoms with E-state index in [1.54, 1.807) is 6.92 Å². The van der Waals surface area contributed by atoms with E-state index in [0.29, 0.717) is 17.0 Å². The molecule has 0 saturated carbocycles. The normalized spacial score (nSPS) is 11.3. The fourth-order valence-electron chi connectivity index (χ4n) is 1.76. The topological polar surface area (TPSA) is 90.1 Å². The Bertz CT molecular complexity index is 700. The molecular formula is C13H12F2N4O3. The van der Waals surface area contributed by atoms with E-state index in [1.807, 2.05) is 0 Å². The number of benzene rings is 1. The lowest BCUT2D eigenvalue weighted by Gasteiger charge is -2.09. The third kappa shape index (κ3) is 4.33. The second kappa shape index (κ2) is 6.74. The third-order valence-electron chi connectivity index (χ3n) is 2.61. The van der Waals surface area contributed by atoms with Crippen LogP contribution in [0.3, 0.4) is 0 Å². The van der Waals surface area contributed by atoms with E-state index in [4.69, 9.17) is 5.11 Å². The molecule has 2 aromatic rings. The summed E-state index contributed by atoms with van der Waals surface area (Å²) in [4.78, 5) is 11.9. The first-order chi connectivity index (χ1) is 10.4. The van der Waals surface area contributed by atoms with E-state index >= 15 is 0 Å². The number of carboxylic acids is 1. The van der Waals surface area contributed by atoms with Crippen molar-refractivity contribution in [1.29, 1.82) is 0 Å². The van der Waals surface area contributed by atoms with E-state index in [-0.39, 0.29) is 12.3 Å². The average Bonchev–Trinajstić information content (AvgIpc) is 2.82. The molecule has 1 heterocycles. The molecule has 0 radical (unpaired) electrons. The smallest absolute Gasteiger partial charge is 0.387 e. The summed E-state index contributed by atoms with van der Waals surface area (Å²) in [5, 5.41) is 20.2. The van der Waals surface area contributed by atoms with Gasteiger partial charge in [-0.3, -0.25) is 0 Å². The van der Waals surface area contributed by atoms with E-state index in [2.05, 4.69) is 20.1 Å². The van der Waals surface area contributed by atoms with Crippen LogP contribution >= 0.6 is 0 Å². The molecule has 7 nitrogen and oxygen atoms in total. The number of halogens is 2. The maximum absolute atomic E-state index is 12.3. The Morgan fingerprint density at radius 1 is 1.50 bits per heavy atom. The van der Waals surface area contributed by atoms with Crippen LogP contribution in [0.4, 0.5) is 8.78 Å². The van der Waals surface area contributed by atoms with Crippen LogP contribution < -0.4 is 4.74 Å². The number of aryl methyl sites for hydroxylation is 1. The SMILES string of the molecule is Cc1nnn(Cc2cc(OC(F)F)ccc2C=CC(=O)O)n1. The third-order valence-corrected chi connectivity index (χ3v) is 2.61. The van der Waals surface area contributed by atoms with Crippen molar-refractivity contribution in [2.75, 3.05) is 0 Å². The number of ether oxygens (including phenoxy) is 1. The number of carboxylic acid groups (broad SMARTS) is 1. The Hall–Kier alpha value is -2.84. The molecule has 0 bridgehead atoms. The van der Waals surface area contributed by atoms with Gasteiger partial charge in [0, 0.05) is 6.08 Å². The van der Waals surface area contributed by atoms with E-state index in [1.165, 1.54) is 29.1 Å². The van der Waals surface area contributed by atoms with E-state index in [0.717, 1.165) is 6.08 Å². The molecule has 0 fully saturated rings. The minimum atomic E-state index is -2.94. The van der Waals surface area contributed by atoms with Crippen LogP contribution in [0.1, 0.15) is 17.0 Å². The standard InChI is InChI=1S/C13H12F2N4O3/c1-8-16-18-19(17-8)7-10-6-11(22-13(14)15)4-2-9(10)3-5-12(20)21/h2-6,13H,7H2,1H3,(H,20,21). The molecular weight excluding hydrogens is 298 g/mol. The van der Waals surface area contributed by atoms with Gasteiger partial charge in [0.15, 0.2) is 5.82 Å². The van der Waals surface area contributed by atoms with Crippen molar-refractivity contribution in [2.24, 2.45) is 0 Å². The number of hydrogen-bond acceptors (Lipinski definition) is 5. The van der Waals surface area contributed by atoms with Crippen molar-refractivity contribution >= 4 is 12.0 Å². The Morgan fingerprint density at radius 2 is 2.27 bits per heavy atom. The first-order valence-electron chi connectivity index (χ1n) is 6.17. The van der Waals surface area contributed by atoms with Crippen molar-refractivity contribution in [3.8, 4) is 5.75 Å². The quantitative estimate of drug-likeness (QED) is 0.817. The second-order valence-electron chi connectivity index (χ2n) is 4.28. The molecule has 0 spiro atoms. The van der Waals surface area contributed by atoms with Crippen LogP contribution in [0.25, 0.3) is 6.08 Å². The van der Waals surface area contributed by atoms with Crippen molar-refractivity contribution in [3.63, 3.8) is 0 Å². The molecule has 9 heteroatoms. The van der Waals surface area contributed by atoms with E-state index in [9.17, 15) is 13.6 Å². The van der Waals surface area contributed by atoms with Gasteiger partial charge in [0.25, 0.3) is 0 Å². The van der Waals surface area contributed by atoms with Gasteiger partial charge in [-0.25, -0.2) is 4.79 Å². The van der Waals surface area contributed by atoms with Gasteiger partial charge in [0.05, 0.1) is 6.54 Å². The summed E-state index contributed by atoms with van der Waals surface area (Å²) in [7, 11) is 0. The van der Waals surface area contributed by atoms with Crippen molar-refractivity contribution in [3.05, 3.63) is 41.2 Å². The molecule has 0 amide bonds. The Balaban J connectivity index is 2.33. The first kappa shape index (κ1) is 15.5. The predicted octanol–water partition coefficient (Wildman–Crippen LogP) is 1.73. The van der Waals surface area contributed by atoms with Crippen molar-refractivity contribution < 1.29 is 23.4 Å². The summed E-state index contributed by atoms with van der Waals surface area (Å²) in [6.07, 6.45) is 2.31. The summed E-state index contributed by atoms with van der Waals surface area (Å²) in [6.45, 7) is -1.15. The number of tetrazole rings is 1. The fourth-order valence-corrected chi connectivity index (χ4v) is 1.76. The van der Waals surface area contributed by atoms with Crippen molar-refractivity contribution in [1.82, 2.24) is 20.2 Å². The van der Waals surface area contributed by atoms with Gasteiger partial charge in [-0.1, -0.05) is 6.07 Å². The maximum atomic E-state index is 12.3. The highest BCUT2D eigenvalue weighted by Crippen LogP contribution is 2.21. The fraction of sp³-hybridized carbons (Fsp3) is 0.231. The van der Waals surface area contributed by atoms with Crippen LogP contribution in [0, 0.1) is 6.92 Å². The molecule has 0 atom stereocenters. The number of aromatic nitrogens is 4. The lowest BCUT2D eigenvalue weighted by atomic mass is 10.1. The highest BCUT2D eigenvalue weighted by atomic mass is 19.3. The molecule has 116 valence electrons. The largest absolute Gasteiger partial charge is 0.478 e. The Morgan fingerprint density at radius 3 is 2.86 bits per heavy atom. The molecule has 22 heavy (non-hydrogen) atoms. The summed E-state index contributed by atoms with van der Waals surface area (Å²) in [5.74, 6) is -0.689. The summed E-state index contributed by atoms with van der Waals surface area (Å²) in [5.41, 5.74) is 1.05. The second-order valence-corrected chi connectivity index (χ2v) is 4.28.